The Kier molecular flexibility index (Phi) is 4.21. The maximum atomic E-state index is 11.7. The van der Waals surface area contributed by atoms with Crippen LogP contribution in [0.4, 0.5) is 11.4 Å². The van der Waals surface area contributed by atoms with Gasteiger partial charge in [-0.1, -0.05) is 6.07 Å². The van der Waals surface area contributed by atoms with Crippen molar-refractivity contribution in [2.75, 3.05) is 30.4 Å². The van der Waals surface area contributed by atoms with Gasteiger partial charge in [0.15, 0.2) is 0 Å². The Morgan fingerprint density at radius 1 is 1.15 bits per heavy atom. The Morgan fingerprint density at radius 3 is 2.65 bits per heavy atom. The average molecular weight is 274 g/mol. The summed E-state index contributed by atoms with van der Waals surface area (Å²) in [5.41, 5.74) is 1.96. The zero-order chi connectivity index (χ0) is 13.8. The van der Waals surface area contributed by atoms with E-state index in [9.17, 15) is 4.79 Å². The summed E-state index contributed by atoms with van der Waals surface area (Å²) in [6.45, 7) is 2.73. The van der Waals surface area contributed by atoms with Gasteiger partial charge in [0.1, 0.15) is 0 Å². The van der Waals surface area contributed by atoms with Gasteiger partial charge < -0.3 is 15.4 Å². The summed E-state index contributed by atoms with van der Waals surface area (Å²) in [6, 6.07) is 7.99. The lowest BCUT2D eigenvalue weighted by Crippen LogP contribution is -2.22. The Morgan fingerprint density at radius 2 is 1.90 bits per heavy atom. The highest BCUT2D eigenvalue weighted by Crippen LogP contribution is 2.30. The maximum absolute atomic E-state index is 11.7. The first-order valence-electron chi connectivity index (χ1n) is 7.54. The van der Waals surface area contributed by atoms with E-state index in [-0.39, 0.29) is 11.8 Å². The molecule has 0 aromatic heterocycles. The number of carbonyl (C=O) groups is 1. The van der Waals surface area contributed by atoms with Crippen molar-refractivity contribution in [1.82, 2.24) is 0 Å². The highest BCUT2D eigenvalue weighted by Gasteiger charge is 2.29. The Bertz CT molecular complexity index is 465. The van der Waals surface area contributed by atoms with Crippen molar-refractivity contribution in [3.63, 3.8) is 0 Å². The number of ether oxygens (including phenoxy) is 1. The predicted molar refractivity (Wildman–Crippen MR) is 79.8 cm³/mol. The lowest BCUT2D eigenvalue weighted by Gasteiger charge is -2.22. The molecule has 108 valence electrons. The van der Waals surface area contributed by atoms with Crippen molar-refractivity contribution in [3.05, 3.63) is 24.3 Å². The molecule has 2 fully saturated rings. The lowest BCUT2D eigenvalue weighted by molar-refractivity contribution is -0.117. The topological polar surface area (TPSA) is 50.4 Å². The van der Waals surface area contributed by atoms with E-state index >= 15 is 0 Å². The molecule has 4 nitrogen and oxygen atoms in total. The summed E-state index contributed by atoms with van der Waals surface area (Å²) in [5, 5.41) is 6.45. The molecule has 1 aromatic carbocycles. The maximum Gasteiger partial charge on any atom is 0.227 e. The van der Waals surface area contributed by atoms with Crippen LogP contribution in [0.15, 0.2) is 24.3 Å². The minimum atomic E-state index is 0.159. The Balaban J connectivity index is 1.52. The van der Waals surface area contributed by atoms with Gasteiger partial charge in [0.05, 0.1) is 0 Å². The van der Waals surface area contributed by atoms with E-state index in [0.29, 0.717) is 5.92 Å². The van der Waals surface area contributed by atoms with E-state index in [1.54, 1.807) is 0 Å². The summed E-state index contributed by atoms with van der Waals surface area (Å²) in [4.78, 5) is 11.7. The van der Waals surface area contributed by atoms with Gasteiger partial charge >= 0.3 is 0 Å². The van der Waals surface area contributed by atoms with E-state index in [2.05, 4.69) is 10.6 Å². The second kappa shape index (κ2) is 6.27. The number of amides is 1. The van der Waals surface area contributed by atoms with Crippen LogP contribution in [0.25, 0.3) is 0 Å². The molecule has 0 atom stereocenters. The van der Waals surface area contributed by atoms with Gasteiger partial charge in [0, 0.05) is 37.1 Å². The second-order valence-electron chi connectivity index (χ2n) is 5.78. The molecule has 1 saturated carbocycles. The van der Waals surface area contributed by atoms with Crippen LogP contribution in [0.2, 0.25) is 0 Å². The van der Waals surface area contributed by atoms with Crippen LogP contribution >= 0.6 is 0 Å². The molecule has 0 radical (unpaired) electrons. The summed E-state index contributed by atoms with van der Waals surface area (Å²) >= 11 is 0. The van der Waals surface area contributed by atoms with Crippen molar-refractivity contribution >= 4 is 17.3 Å². The lowest BCUT2D eigenvalue weighted by atomic mass is 10.0. The van der Waals surface area contributed by atoms with Crippen LogP contribution in [-0.2, 0) is 9.53 Å². The molecule has 3 rings (SSSR count). The zero-order valence-corrected chi connectivity index (χ0v) is 11.7. The molecule has 20 heavy (non-hydrogen) atoms. The first-order valence-corrected chi connectivity index (χ1v) is 7.54. The number of rotatable bonds is 5. The number of hydrogen-bond acceptors (Lipinski definition) is 3. The van der Waals surface area contributed by atoms with Crippen LogP contribution in [0.1, 0.15) is 25.7 Å². The molecule has 4 heteroatoms. The van der Waals surface area contributed by atoms with E-state index in [4.69, 9.17) is 4.74 Å². The third-order valence-corrected chi connectivity index (χ3v) is 4.01. The summed E-state index contributed by atoms with van der Waals surface area (Å²) in [6.07, 6.45) is 4.33. The highest BCUT2D eigenvalue weighted by molar-refractivity contribution is 5.94. The summed E-state index contributed by atoms with van der Waals surface area (Å²) in [7, 11) is 0. The van der Waals surface area contributed by atoms with Crippen LogP contribution in [0.3, 0.4) is 0 Å². The summed E-state index contributed by atoms with van der Waals surface area (Å²) < 4.78 is 5.37. The molecule has 1 amide bonds. The number of hydrogen-bond donors (Lipinski definition) is 2. The van der Waals surface area contributed by atoms with Crippen molar-refractivity contribution in [3.8, 4) is 0 Å². The predicted octanol–water partition coefficient (Wildman–Crippen LogP) is 2.87. The van der Waals surface area contributed by atoms with Gasteiger partial charge in [-0.3, -0.25) is 4.79 Å². The summed E-state index contributed by atoms with van der Waals surface area (Å²) in [5.74, 6) is 1.09. The highest BCUT2D eigenvalue weighted by atomic mass is 16.5. The van der Waals surface area contributed by atoms with Crippen LogP contribution < -0.4 is 10.6 Å². The molecule has 1 saturated heterocycles. The Hall–Kier alpha value is -1.55. The molecule has 1 heterocycles. The molecule has 0 unspecified atom stereocenters. The first kappa shape index (κ1) is 13.4. The number of carbonyl (C=O) groups excluding carboxylic acids is 1. The molecule has 2 N–H and O–H groups in total. The molecular weight excluding hydrogens is 252 g/mol. The third kappa shape index (κ3) is 3.73. The number of nitrogens with one attached hydrogen (secondary N) is 2. The fourth-order valence-corrected chi connectivity index (χ4v) is 2.51. The van der Waals surface area contributed by atoms with Gasteiger partial charge in [-0.25, -0.2) is 0 Å². The van der Waals surface area contributed by atoms with Crippen molar-refractivity contribution in [2.24, 2.45) is 11.8 Å². The average Bonchev–Trinajstić information content (AvgIpc) is 3.31. The zero-order valence-electron chi connectivity index (χ0n) is 11.7. The van der Waals surface area contributed by atoms with Gasteiger partial charge in [-0.05, 0) is 49.8 Å². The van der Waals surface area contributed by atoms with Crippen LogP contribution in [0.5, 0.6) is 0 Å². The van der Waals surface area contributed by atoms with E-state index in [1.165, 1.54) is 0 Å². The number of benzene rings is 1. The molecule has 1 aromatic rings. The fraction of sp³-hybridized carbons (Fsp3) is 0.562. The van der Waals surface area contributed by atoms with E-state index < -0.39 is 0 Å². The minimum Gasteiger partial charge on any atom is -0.385 e. The molecule has 1 aliphatic heterocycles. The quantitative estimate of drug-likeness (QED) is 0.868. The van der Waals surface area contributed by atoms with Gasteiger partial charge in [0.25, 0.3) is 0 Å². The van der Waals surface area contributed by atoms with Crippen LogP contribution in [-0.4, -0.2) is 25.7 Å². The molecule has 2 aliphatic rings. The smallest absolute Gasteiger partial charge is 0.227 e. The van der Waals surface area contributed by atoms with Crippen molar-refractivity contribution < 1.29 is 9.53 Å². The van der Waals surface area contributed by atoms with Gasteiger partial charge in [-0.15, -0.1) is 0 Å². The van der Waals surface area contributed by atoms with Crippen LogP contribution in [0, 0.1) is 11.8 Å². The largest absolute Gasteiger partial charge is 0.385 e. The monoisotopic (exact) mass is 274 g/mol. The molecule has 1 aliphatic carbocycles. The standard InChI is InChI=1S/C16H22N2O2/c19-16(13-4-5-13)18-15-3-1-2-14(10-15)17-11-12-6-8-20-9-7-12/h1-3,10,12-13,17H,4-9,11H2,(H,18,19). The van der Waals surface area contributed by atoms with E-state index in [0.717, 1.165) is 56.8 Å². The van der Waals surface area contributed by atoms with Crippen molar-refractivity contribution in [2.45, 2.75) is 25.7 Å². The third-order valence-electron chi connectivity index (χ3n) is 4.01. The van der Waals surface area contributed by atoms with Crippen molar-refractivity contribution in [1.29, 1.82) is 0 Å². The SMILES string of the molecule is O=C(Nc1cccc(NCC2CCOCC2)c1)C1CC1. The molecule has 0 spiro atoms. The van der Waals surface area contributed by atoms with Gasteiger partial charge in [0.2, 0.25) is 5.91 Å². The second-order valence-corrected chi connectivity index (χ2v) is 5.78. The first-order chi connectivity index (χ1) is 9.81. The van der Waals surface area contributed by atoms with E-state index in [1.807, 2.05) is 24.3 Å². The molecule has 0 bridgehead atoms. The van der Waals surface area contributed by atoms with Gasteiger partial charge in [-0.2, -0.15) is 0 Å². The number of anilines is 2. The fourth-order valence-electron chi connectivity index (χ4n) is 2.51. The molecular formula is C16H22N2O2. The normalized spacial score (nSPS) is 19.6. The minimum absolute atomic E-state index is 0.159. The Labute approximate surface area is 119 Å².